The highest BCUT2D eigenvalue weighted by Crippen LogP contribution is 2.29. The third-order valence-corrected chi connectivity index (χ3v) is 4.95. The molecule has 0 aromatic rings. The Morgan fingerprint density at radius 1 is 1.24 bits per heavy atom. The van der Waals surface area contributed by atoms with Crippen LogP contribution < -0.4 is 10.6 Å². The Bertz CT molecular complexity index is 465. The van der Waals surface area contributed by atoms with Gasteiger partial charge < -0.3 is 15.5 Å². The molecule has 2 saturated heterocycles. The Hall–Kier alpha value is -1.79. The van der Waals surface area contributed by atoms with Crippen LogP contribution in [0.1, 0.15) is 38.5 Å². The van der Waals surface area contributed by atoms with E-state index in [9.17, 15) is 14.4 Å². The molecule has 0 bridgehead atoms. The van der Waals surface area contributed by atoms with Crippen LogP contribution in [0.5, 0.6) is 0 Å². The molecule has 0 unspecified atom stereocenters. The van der Waals surface area contributed by atoms with E-state index in [1.54, 1.807) is 4.90 Å². The molecule has 2 N–H and O–H groups in total. The summed E-state index contributed by atoms with van der Waals surface area (Å²) in [6, 6.07) is -0.0851. The van der Waals surface area contributed by atoms with Crippen molar-refractivity contribution in [2.24, 2.45) is 0 Å². The second-order valence-corrected chi connectivity index (χ2v) is 6.29. The van der Waals surface area contributed by atoms with Crippen LogP contribution in [-0.4, -0.2) is 59.5 Å². The number of rotatable bonds is 1. The van der Waals surface area contributed by atoms with Gasteiger partial charge in [-0.25, -0.2) is 9.59 Å². The molecule has 1 saturated carbocycles. The van der Waals surface area contributed by atoms with Gasteiger partial charge in [0, 0.05) is 26.2 Å². The summed E-state index contributed by atoms with van der Waals surface area (Å²) in [5.74, 6) is -0.177. The van der Waals surface area contributed by atoms with E-state index in [1.165, 1.54) is 19.9 Å². The number of nitrogens with zero attached hydrogens (tertiary/aromatic N) is 2. The molecule has 0 aromatic carbocycles. The third kappa shape index (κ3) is 2.45. The van der Waals surface area contributed by atoms with Crippen molar-refractivity contribution in [3.63, 3.8) is 0 Å². The minimum Gasteiger partial charge on any atom is -0.335 e. The van der Waals surface area contributed by atoms with Crippen molar-refractivity contribution in [1.29, 1.82) is 0 Å². The summed E-state index contributed by atoms with van der Waals surface area (Å²) in [5.41, 5.74) is -0.796. The molecule has 21 heavy (non-hydrogen) atoms. The van der Waals surface area contributed by atoms with E-state index in [1.807, 2.05) is 0 Å². The van der Waals surface area contributed by atoms with Crippen LogP contribution >= 0.6 is 0 Å². The van der Waals surface area contributed by atoms with Crippen LogP contribution in [0.25, 0.3) is 0 Å². The van der Waals surface area contributed by atoms with Crippen molar-refractivity contribution in [1.82, 2.24) is 20.4 Å². The zero-order chi connectivity index (χ0) is 15.0. The number of likely N-dealkylation sites (N-methyl/N-ethyl adjacent to an activating group) is 1. The predicted molar refractivity (Wildman–Crippen MR) is 75.6 cm³/mol. The largest absolute Gasteiger partial charge is 0.335 e. The fourth-order valence-corrected chi connectivity index (χ4v) is 3.52. The molecule has 3 rings (SSSR count). The molecular formula is C14H22N4O3. The van der Waals surface area contributed by atoms with Gasteiger partial charge in [-0.3, -0.25) is 9.69 Å². The minimum absolute atomic E-state index is 0.0399. The van der Waals surface area contributed by atoms with Gasteiger partial charge in [0.2, 0.25) is 0 Å². The molecule has 7 nitrogen and oxygen atoms in total. The SMILES string of the molecule is CN1C(=O)NC2(CCN(C(=O)NC3CCCC3)CC2)C1=O. The molecule has 5 amide bonds. The summed E-state index contributed by atoms with van der Waals surface area (Å²) < 4.78 is 0. The average molecular weight is 294 g/mol. The average Bonchev–Trinajstić information content (AvgIpc) is 3.04. The quantitative estimate of drug-likeness (QED) is 0.697. The number of urea groups is 2. The van der Waals surface area contributed by atoms with Crippen LogP contribution in [0.3, 0.4) is 0 Å². The Labute approximate surface area is 124 Å². The Morgan fingerprint density at radius 2 is 1.86 bits per heavy atom. The molecule has 1 spiro atoms. The summed E-state index contributed by atoms with van der Waals surface area (Å²) in [6.45, 7) is 0.997. The van der Waals surface area contributed by atoms with Gasteiger partial charge in [-0.05, 0) is 25.7 Å². The summed E-state index contributed by atoms with van der Waals surface area (Å²) in [5, 5.41) is 5.84. The van der Waals surface area contributed by atoms with Crippen LogP contribution in [0, 0.1) is 0 Å². The zero-order valence-electron chi connectivity index (χ0n) is 12.4. The molecule has 116 valence electrons. The van der Waals surface area contributed by atoms with E-state index in [0.717, 1.165) is 17.7 Å². The molecule has 2 heterocycles. The minimum atomic E-state index is -0.796. The number of hydrogen-bond acceptors (Lipinski definition) is 3. The van der Waals surface area contributed by atoms with E-state index in [4.69, 9.17) is 0 Å². The summed E-state index contributed by atoms with van der Waals surface area (Å²) in [4.78, 5) is 38.9. The van der Waals surface area contributed by atoms with Crippen molar-refractivity contribution >= 4 is 18.0 Å². The number of carbonyl (C=O) groups is 3. The first-order chi connectivity index (χ1) is 10.0. The van der Waals surface area contributed by atoms with E-state index in [0.29, 0.717) is 32.0 Å². The highest BCUT2D eigenvalue weighted by atomic mass is 16.2. The van der Waals surface area contributed by atoms with Crippen molar-refractivity contribution < 1.29 is 14.4 Å². The molecule has 3 aliphatic rings. The highest BCUT2D eigenvalue weighted by Gasteiger charge is 2.51. The normalized spacial score (nSPS) is 25.6. The first kappa shape index (κ1) is 14.2. The van der Waals surface area contributed by atoms with E-state index in [-0.39, 0.29) is 18.0 Å². The highest BCUT2D eigenvalue weighted by molar-refractivity contribution is 6.06. The van der Waals surface area contributed by atoms with Crippen molar-refractivity contribution in [2.45, 2.75) is 50.1 Å². The fourth-order valence-electron chi connectivity index (χ4n) is 3.52. The monoisotopic (exact) mass is 294 g/mol. The smallest absolute Gasteiger partial charge is 0.324 e. The van der Waals surface area contributed by atoms with E-state index >= 15 is 0 Å². The first-order valence-corrected chi connectivity index (χ1v) is 7.68. The molecule has 0 atom stereocenters. The number of likely N-dealkylation sites (tertiary alicyclic amines) is 1. The maximum absolute atomic E-state index is 12.2. The Balaban J connectivity index is 1.56. The second kappa shape index (κ2) is 5.20. The lowest BCUT2D eigenvalue weighted by Crippen LogP contribution is -2.57. The van der Waals surface area contributed by atoms with Crippen molar-refractivity contribution in [2.75, 3.05) is 20.1 Å². The van der Waals surface area contributed by atoms with Gasteiger partial charge >= 0.3 is 12.1 Å². The summed E-state index contributed by atoms with van der Waals surface area (Å²) >= 11 is 0. The topological polar surface area (TPSA) is 81.8 Å². The lowest BCUT2D eigenvalue weighted by Gasteiger charge is -2.37. The van der Waals surface area contributed by atoms with Gasteiger partial charge in [-0.1, -0.05) is 12.8 Å². The first-order valence-electron chi connectivity index (χ1n) is 7.68. The molecule has 2 aliphatic heterocycles. The van der Waals surface area contributed by atoms with E-state index in [2.05, 4.69) is 10.6 Å². The van der Waals surface area contributed by atoms with Crippen LogP contribution in [0.2, 0.25) is 0 Å². The fraction of sp³-hybridized carbons (Fsp3) is 0.786. The number of imide groups is 1. The van der Waals surface area contributed by atoms with Gasteiger partial charge in [0.1, 0.15) is 5.54 Å². The number of carbonyl (C=O) groups excluding carboxylic acids is 3. The predicted octanol–water partition coefficient (Wildman–Crippen LogP) is 0.655. The molecule has 3 fully saturated rings. The summed E-state index contributed by atoms with van der Waals surface area (Å²) in [7, 11) is 1.49. The lowest BCUT2D eigenvalue weighted by molar-refractivity contribution is -0.131. The molecule has 0 aromatic heterocycles. The molecule has 7 heteroatoms. The Kier molecular flexibility index (Phi) is 3.51. The van der Waals surface area contributed by atoms with Crippen LogP contribution in [-0.2, 0) is 4.79 Å². The second-order valence-electron chi connectivity index (χ2n) is 6.29. The van der Waals surface area contributed by atoms with Gasteiger partial charge in [0.15, 0.2) is 0 Å². The van der Waals surface area contributed by atoms with E-state index < -0.39 is 5.54 Å². The maximum atomic E-state index is 12.2. The standard InChI is InChI=1S/C14H22N4O3/c1-17-11(19)14(16-13(17)21)6-8-18(9-7-14)12(20)15-10-4-2-3-5-10/h10H,2-9H2,1H3,(H,15,20)(H,16,21). The molecular weight excluding hydrogens is 272 g/mol. The van der Waals surface area contributed by atoms with Gasteiger partial charge in [-0.15, -0.1) is 0 Å². The van der Waals surface area contributed by atoms with Crippen molar-refractivity contribution in [3.8, 4) is 0 Å². The number of piperidine rings is 1. The van der Waals surface area contributed by atoms with Crippen molar-refractivity contribution in [3.05, 3.63) is 0 Å². The van der Waals surface area contributed by atoms with Crippen LogP contribution in [0.15, 0.2) is 0 Å². The van der Waals surface area contributed by atoms with Gasteiger partial charge in [0.05, 0.1) is 0 Å². The zero-order valence-corrected chi connectivity index (χ0v) is 12.4. The lowest BCUT2D eigenvalue weighted by atomic mass is 9.87. The Morgan fingerprint density at radius 3 is 2.38 bits per heavy atom. The maximum Gasteiger partial charge on any atom is 0.324 e. The number of nitrogens with one attached hydrogen (secondary N) is 2. The summed E-state index contributed by atoms with van der Waals surface area (Å²) in [6.07, 6.45) is 5.45. The molecule has 0 radical (unpaired) electrons. The third-order valence-electron chi connectivity index (χ3n) is 4.95. The molecule has 1 aliphatic carbocycles. The number of hydrogen-bond donors (Lipinski definition) is 2. The number of amides is 5. The van der Waals surface area contributed by atoms with Crippen LogP contribution in [0.4, 0.5) is 9.59 Å². The van der Waals surface area contributed by atoms with Gasteiger partial charge in [0.25, 0.3) is 5.91 Å². The van der Waals surface area contributed by atoms with Gasteiger partial charge in [-0.2, -0.15) is 0 Å².